The molecule has 1 aliphatic carbocycles. The highest BCUT2D eigenvalue weighted by molar-refractivity contribution is 5.26. The largest absolute Gasteiger partial charge is 0.312 e. The molecule has 100 valence electrons. The summed E-state index contributed by atoms with van der Waals surface area (Å²) in [6.07, 6.45) is 6.85. The summed E-state index contributed by atoms with van der Waals surface area (Å²) in [5.41, 5.74) is 2.96. The average Bonchev–Trinajstić information content (AvgIpc) is 2.39. The van der Waals surface area contributed by atoms with Gasteiger partial charge in [-0.2, -0.15) is 0 Å². The van der Waals surface area contributed by atoms with Gasteiger partial charge in [0.05, 0.1) is 0 Å². The molecule has 2 atom stereocenters. The fourth-order valence-electron chi connectivity index (χ4n) is 3.23. The van der Waals surface area contributed by atoms with Crippen molar-refractivity contribution in [2.45, 2.75) is 52.5 Å². The first-order valence-corrected chi connectivity index (χ1v) is 7.57. The van der Waals surface area contributed by atoms with Crippen LogP contribution in [0.3, 0.4) is 0 Å². The predicted octanol–water partition coefficient (Wildman–Crippen LogP) is 4.16. The van der Waals surface area contributed by atoms with Crippen molar-refractivity contribution in [3.05, 3.63) is 35.4 Å². The molecule has 1 fully saturated rings. The first-order valence-electron chi connectivity index (χ1n) is 7.57. The number of aryl methyl sites for hydroxylation is 1. The maximum Gasteiger partial charge on any atom is 0.0208 e. The molecule has 1 heteroatoms. The van der Waals surface area contributed by atoms with Gasteiger partial charge in [-0.15, -0.1) is 0 Å². The van der Waals surface area contributed by atoms with Crippen molar-refractivity contribution in [3.63, 3.8) is 0 Å². The Bertz CT molecular complexity index is 358. The van der Waals surface area contributed by atoms with Crippen LogP contribution in [0.5, 0.6) is 0 Å². The van der Waals surface area contributed by atoms with E-state index in [0.29, 0.717) is 0 Å². The molecule has 0 amide bonds. The van der Waals surface area contributed by atoms with E-state index in [1.165, 1.54) is 43.4 Å². The third-order valence-corrected chi connectivity index (χ3v) is 4.29. The predicted molar refractivity (Wildman–Crippen MR) is 78.6 cm³/mol. The molecular weight excluding hydrogens is 218 g/mol. The van der Waals surface area contributed by atoms with Gasteiger partial charge in [0.1, 0.15) is 0 Å². The van der Waals surface area contributed by atoms with Crippen molar-refractivity contribution in [1.29, 1.82) is 0 Å². The number of rotatable bonds is 5. The highest BCUT2D eigenvalue weighted by atomic mass is 14.9. The quantitative estimate of drug-likeness (QED) is 0.821. The van der Waals surface area contributed by atoms with Gasteiger partial charge in [0, 0.05) is 6.54 Å². The summed E-state index contributed by atoms with van der Waals surface area (Å²) in [5.74, 6) is 1.84. The van der Waals surface area contributed by atoms with E-state index in [2.05, 4.69) is 43.4 Å². The molecule has 1 N–H and O–H groups in total. The Kier molecular flexibility index (Phi) is 5.25. The number of nitrogens with one attached hydrogen (secondary N) is 1. The van der Waals surface area contributed by atoms with Crippen LogP contribution in [-0.4, -0.2) is 6.54 Å². The summed E-state index contributed by atoms with van der Waals surface area (Å²) in [6.45, 7) is 6.87. The summed E-state index contributed by atoms with van der Waals surface area (Å²) in [6, 6.07) is 8.80. The number of benzene rings is 1. The molecule has 1 saturated carbocycles. The molecular formula is C17H27N. The minimum absolute atomic E-state index is 0.905. The third-order valence-electron chi connectivity index (χ3n) is 4.29. The Balaban J connectivity index is 1.77. The molecule has 1 aromatic carbocycles. The summed E-state index contributed by atoms with van der Waals surface area (Å²) >= 11 is 0. The second-order valence-corrected chi connectivity index (χ2v) is 5.89. The maximum atomic E-state index is 3.67. The first-order chi connectivity index (χ1) is 8.79. The average molecular weight is 245 g/mol. The minimum Gasteiger partial charge on any atom is -0.312 e. The Morgan fingerprint density at radius 3 is 2.67 bits per heavy atom. The molecule has 0 aliphatic heterocycles. The van der Waals surface area contributed by atoms with Gasteiger partial charge in [-0.1, -0.05) is 51.0 Å². The van der Waals surface area contributed by atoms with Crippen molar-refractivity contribution in [1.82, 2.24) is 5.32 Å². The molecule has 1 nitrogen and oxygen atoms in total. The van der Waals surface area contributed by atoms with Gasteiger partial charge in [-0.05, 0) is 48.8 Å². The number of hydrogen-bond donors (Lipinski definition) is 1. The van der Waals surface area contributed by atoms with Crippen LogP contribution in [0.2, 0.25) is 0 Å². The minimum atomic E-state index is 0.905. The van der Waals surface area contributed by atoms with E-state index in [1.807, 2.05) is 0 Å². The van der Waals surface area contributed by atoms with E-state index < -0.39 is 0 Å². The van der Waals surface area contributed by atoms with Gasteiger partial charge in [-0.25, -0.2) is 0 Å². The highest BCUT2D eigenvalue weighted by Crippen LogP contribution is 2.27. The van der Waals surface area contributed by atoms with E-state index in [4.69, 9.17) is 0 Å². The molecule has 0 aromatic heterocycles. The van der Waals surface area contributed by atoms with Crippen molar-refractivity contribution in [2.75, 3.05) is 6.54 Å². The first kappa shape index (κ1) is 13.6. The second-order valence-electron chi connectivity index (χ2n) is 5.89. The van der Waals surface area contributed by atoms with Crippen LogP contribution in [0.25, 0.3) is 0 Å². The van der Waals surface area contributed by atoms with Gasteiger partial charge in [-0.3, -0.25) is 0 Å². The van der Waals surface area contributed by atoms with Crippen LogP contribution < -0.4 is 5.32 Å². The molecule has 2 unspecified atom stereocenters. The lowest BCUT2D eigenvalue weighted by atomic mass is 9.82. The molecule has 0 spiro atoms. The van der Waals surface area contributed by atoms with Crippen LogP contribution in [0.15, 0.2) is 24.3 Å². The molecule has 0 saturated heterocycles. The van der Waals surface area contributed by atoms with Crippen molar-refractivity contribution in [2.24, 2.45) is 11.8 Å². The van der Waals surface area contributed by atoms with Gasteiger partial charge < -0.3 is 5.32 Å². The summed E-state index contributed by atoms with van der Waals surface area (Å²) in [7, 11) is 0. The van der Waals surface area contributed by atoms with E-state index >= 15 is 0 Å². The van der Waals surface area contributed by atoms with Crippen LogP contribution >= 0.6 is 0 Å². The van der Waals surface area contributed by atoms with Crippen molar-refractivity contribution >= 4 is 0 Å². The van der Waals surface area contributed by atoms with Crippen LogP contribution in [-0.2, 0) is 13.0 Å². The lowest BCUT2D eigenvalue weighted by Crippen LogP contribution is -2.26. The topological polar surface area (TPSA) is 12.0 Å². The van der Waals surface area contributed by atoms with E-state index in [1.54, 1.807) is 0 Å². The zero-order chi connectivity index (χ0) is 12.8. The maximum absolute atomic E-state index is 3.67. The fourth-order valence-corrected chi connectivity index (χ4v) is 3.23. The summed E-state index contributed by atoms with van der Waals surface area (Å²) in [5, 5.41) is 3.67. The van der Waals surface area contributed by atoms with Crippen LogP contribution in [0, 0.1) is 11.8 Å². The highest BCUT2D eigenvalue weighted by Gasteiger charge is 2.18. The summed E-state index contributed by atoms with van der Waals surface area (Å²) < 4.78 is 0. The molecule has 0 bridgehead atoms. The second kappa shape index (κ2) is 6.94. The fraction of sp³-hybridized carbons (Fsp3) is 0.647. The Hall–Kier alpha value is -0.820. The molecule has 0 radical (unpaired) electrons. The zero-order valence-corrected chi connectivity index (χ0v) is 11.9. The van der Waals surface area contributed by atoms with Gasteiger partial charge in [0.2, 0.25) is 0 Å². The van der Waals surface area contributed by atoms with Gasteiger partial charge in [0.25, 0.3) is 0 Å². The molecule has 1 aromatic rings. The number of hydrogen-bond acceptors (Lipinski definition) is 1. The SMILES string of the molecule is CCc1ccccc1CNCC1CCCC(C)C1. The Morgan fingerprint density at radius 2 is 1.94 bits per heavy atom. The smallest absolute Gasteiger partial charge is 0.0208 e. The molecule has 2 rings (SSSR count). The van der Waals surface area contributed by atoms with Crippen molar-refractivity contribution in [3.8, 4) is 0 Å². The van der Waals surface area contributed by atoms with E-state index in [0.717, 1.165) is 24.8 Å². The lowest BCUT2D eigenvalue weighted by Gasteiger charge is -2.27. The summed E-state index contributed by atoms with van der Waals surface area (Å²) in [4.78, 5) is 0. The van der Waals surface area contributed by atoms with E-state index in [-0.39, 0.29) is 0 Å². The van der Waals surface area contributed by atoms with Crippen LogP contribution in [0.4, 0.5) is 0 Å². The lowest BCUT2D eigenvalue weighted by molar-refractivity contribution is 0.274. The van der Waals surface area contributed by atoms with Gasteiger partial charge >= 0.3 is 0 Å². The molecule has 0 heterocycles. The van der Waals surface area contributed by atoms with Crippen LogP contribution in [0.1, 0.15) is 50.7 Å². The van der Waals surface area contributed by atoms with E-state index in [9.17, 15) is 0 Å². The molecule has 1 aliphatic rings. The zero-order valence-electron chi connectivity index (χ0n) is 11.9. The Morgan fingerprint density at radius 1 is 1.17 bits per heavy atom. The standard InChI is InChI=1S/C17H27N/c1-3-16-9-4-5-10-17(16)13-18-12-15-8-6-7-14(2)11-15/h4-5,9-10,14-15,18H,3,6-8,11-13H2,1-2H3. The third kappa shape index (κ3) is 3.84. The van der Waals surface area contributed by atoms with Crippen molar-refractivity contribution < 1.29 is 0 Å². The normalized spacial score (nSPS) is 24.1. The van der Waals surface area contributed by atoms with Gasteiger partial charge in [0.15, 0.2) is 0 Å². The Labute approximate surface area is 112 Å². The molecule has 18 heavy (non-hydrogen) atoms. The monoisotopic (exact) mass is 245 g/mol.